The molecule has 0 spiro atoms. The van der Waals surface area contributed by atoms with E-state index in [-0.39, 0.29) is 36.0 Å². The largest absolute Gasteiger partial charge is 0.497 e. The van der Waals surface area contributed by atoms with Crippen LogP contribution in [0.15, 0.2) is 77.7 Å². The monoisotopic (exact) mass is 485 g/mol. The van der Waals surface area contributed by atoms with Gasteiger partial charge in [-0.2, -0.15) is 4.31 Å². The first-order chi connectivity index (χ1) is 16.3. The van der Waals surface area contributed by atoms with Crippen molar-refractivity contribution in [3.63, 3.8) is 0 Å². The van der Waals surface area contributed by atoms with Crippen molar-refractivity contribution in [1.29, 1.82) is 0 Å². The number of carbonyl (C=O) groups excluding carboxylic acids is 1. The van der Waals surface area contributed by atoms with Gasteiger partial charge in [0.25, 0.3) is 0 Å². The minimum absolute atomic E-state index is 0.00706. The predicted molar refractivity (Wildman–Crippen MR) is 127 cm³/mol. The molecule has 0 saturated carbocycles. The number of ether oxygens (including phenoxy) is 4. The third kappa shape index (κ3) is 6.27. The van der Waals surface area contributed by atoms with Gasteiger partial charge in [-0.25, -0.2) is 13.2 Å². The Morgan fingerprint density at radius 3 is 2.18 bits per heavy atom. The van der Waals surface area contributed by atoms with Gasteiger partial charge in [-0.15, -0.1) is 0 Å². The second kappa shape index (κ2) is 11.5. The Hall–Kier alpha value is -3.56. The van der Waals surface area contributed by atoms with Gasteiger partial charge in [-0.05, 0) is 48.0 Å². The van der Waals surface area contributed by atoms with E-state index in [0.29, 0.717) is 11.5 Å². The van der Waals surface area contributed by atoms with Crippen LogP contribution in [0.4, 0.5) is 0 Å². The molecule has 3 rings (SSSR count). The van der Waals surface area contributed by atoms with Crippen LogP contribution in [0.3, 0.4) is 0 Å². The molecule has 0 aliphatic carbocycles. The summed E-state index contributed by atoms with van der Waals surface area (Å²) in [5, 5.41) is 0. The number of carbonyl (C=O) groups is 1. The van der Waals surface area contributed by atoms with Crippen LogP contribution in [0.5, 0.6) is 17.2 Å². The third-order valence-electron chi connectivity index (χ3n) is 4.98. The first kappa shape index (κ1) is 25.1. The van der Waals surface area contributed by atoms with Crippen LogP contribution in [-0.2, 0) is 21.3 Å². The van der Waals surface area contributed by atoms with Crippen molar-refractivity contribution in [2.45, 2.75) is 11.4 Å². The molecule has 0 amide bonds. The molecule has 0 aliphatic rings. The molecule has 3 aromatic rings. The molecule has 0 N–H and O–H groups in total. The van der Waals surface area contributed by atoms with Gasteiger partial charge in [0.1, 0.15) is 35.4 Å². The highest BCUT2D eigenvalue weighted by Crippen LogP contribution is 2.28. The van der Waals surface area contributed by atoms with Crippen LogP contribution in [0, 0.1) is 0 Å². The fourth-order valence-electron chi connectivity index (χ4n) is 3.15. The summed E-state index contributed by atoms with van der Waals surface area (Å²) in [6.45, 7) is 0.301. The summed E-state index contributed by atoms with van der Waals surface area (Å²) >= 11 is 0. The van der Waals surface area contributed by atoms with Crippen molar-refractivity contribution >= 4 is 16.0 Å². The molecule has 0 unspecified atom stereocenters. The van der Waals surface area contributed by atoms with Gasteiger partial charge in [0.2, 0.25) is 10.0 Å². The van der Waals surface area contributed by atoms with Crippen LogP contribution in [0.2, 0.25) is 0 Å². The molecule has 8 nitrogen and oxygen atoms in total. The lowest BCUT2D eigenvalue weighted by Crippen LogP contribution is -2.27. The van der Waals surface area contributed by atoms with E-state index in [2.05, 4.69) is 0 Å². The van der Waals surface area contributed by atoms with Gasteiger partial charge in [-0.1, -0.05) is 30.3 Å². The molecule has 0 heterocycles. The van der Waals surface area contributed by atoms with Gasteiger partial charge < -0.3 is 18.9 Å². The van der Waals surface area contributed by atoms with Crippen molar-refractivity contribution in [3.8, 4) is 17.2 Å². The lowest BCUT2D eigenvalue weighted by atomic mass is 10.2. The first-order valence-electron chi connectivity index (χ1n) is 10.5. The highest BCUT2D eigenvalue weighted by molar-refractivity contribution is 7.89. The van der Waals surface area contributed by atoms with E-state index < -0.39 is 16.0 Å². The molecule has 0 atom stereocenters. The quantitative estimate of drug-likeness (QED) is 0.302. The molecular formula is C25H27NO7S. The Kier molecular flexibility index (Phi) is 8.50. The summed E-state index contributed by atoms with van der Waals surface area (Å²) in [6, 6.07) is 20.4. The lowest BCUT2D eigenvalue weighted by molar-refractivity contribution is 0.0450. The number of nitrogens with zero attached hydrogens (tertiary/aromatic N) is 1. The molecular weight excluding hydrogens is 458 g/mol. The molecule has 3 aromatic carbocycles. The number of sulfonamides is 1. The summed E-state index contributed by atoms with van der Waals surface area (Å²) in [7, 11) is 0.489. The highest BCUT2D eigenvalue weighted by atomic mass is 32.2. The second-order valence-corrected chi connectivity index (χ2v) is 9.29. The van der Waals surface area contributed by atoms with Gasteiger partial charge in [0, 0.05) is 13.6 Å². The maximum Gasteiger partial charge on any atom is 0.338 e. The van der Waals surface area contributed by atoms with Gasteiger partial charge in [0.15, 0.2) is 0 Å². The number of esters is 1. The zero-order chi connectivity index (χ0) is 24.6. The number of benzene rings is 3. The van der Waals surface area contributed by atoms with E-state index in [9.17, 15) is 13.2 Å². The topological polar surface area (TPSA) is 91.4 Å². The summed E-state index contributed by atoms with van der Waals surface area (Å²) < 4.78 is 48.8. The average molecular weight is 486 g/mol. The minimum atomic E-state index is -3.94. The van der Waals surface area contributed by atoms with Gasteiger partial charge in [0.05, 0.1) is 19.8 Å². The van der Waals surface area contributed by atoms with Crippen LogP contribution in [-0.4, -0.2) is 53.2 Å². The molecule has 180 valence electrons. The predicted octanol–water partition coefficient (Wildman–Crippen LogP) is 3.76. The van der Waals surface area contributed by atoms with Crippen molar-refractivity contribution in [3.05, 3.63) is 83.9 Å². The van der Waals surface area contributed by atoms with Crippen LogP contribution in [0.25, 0.3) is 0 Å². The molecule has 0 saturated heterocycles. The summed E-state index contributed by atoms with van der Waals surface area (Å²) in [4.78, 5) is 12.4. The van der Waals surface area contributed by atoms with Crippen LogP contribution in [0.1, 0.15) is 15.9 Å². The Morgan fingerprint density at radius 2 is 1.53 bits per heavy atom. The van der Waals surface area contributed by atoms with Gasteiger partial charge >= 0.3 is 5.97 Å². The Balaban J connectivity index is 1.66. The maximum absolute atomic E-state index is 13.2. The third-order valence-corrected chi connectivity index (χ3v) is 6.80. The minimum Gasteiger partial charge on any atom is -0.497 e. The smallest absolute Gasteiger partial charge is 0.338 e. The van der Waals surface area contributed by atoms with E-state index in [4.69, 9.17) is 18.9 Å². The number of rotatable bonds is 11. The highest BCUT2D eigenvalue weighted by Gasteiger charge is 2.26. The molecule has 0 aromatic heterocycles. The number of hydrogen-bond donors (Lipinski definition) is 0. The molecule has 0 aliphatic heterocycles. The summed E-state index contributed by atoms with van der Waals surface area (Å²) in [6.07, 6.45) is 0. The Morgan fingerprint density at radius 1 is 0.853 bits per heavy atom. The summed E-state index contributed by atoms with van der Waals surface area (Å²) in [5.41, 5.74) is 0.928. The van der Waals surface area contributed by atoms with E-state index >= 15 is 0 Å². The normalized spacial score (nSPS) is 11.2. The van der Waals surface area contributed by atoms with Crippen molar-refractivity contribution in [1.82, 2.24) is 4.31 Å². The van der Waals surface area contributed by atoms with E-state index in [1.54, 1.807) is 31.4 Å². The Bertz CT molecular complexity index is 1200. The Labute approximate surface area is 199 Å². The number of methoxy groups -OCH3 is 2. The molecule has 0 radical (unpaired) electrons. The zero-order valence-corrected chi connectivity index (χ0v) is 20.1. The molecule has 0 bridgehead atoms. The van der Waals surface area contributed by atoms with E-state index in [0.717, 1.165) is 5.56 Å². The SMILES string of the molecule is COc1ccc(OCCOC(=O)c2ccc(OC)c(S(=O)(=O)N(C)Cc3ccccc3)c2)cc1. The van der Waals surface area contributed by atoms with Crippen LogP contribution >= 0.6 is 0 Å². The maximum atomic E-state index is 13.2. The summed E-state index contributed by atoms with van der Waals surface area (Å²) in [5.74, 6) is 0.789. The van der Waals surface area contributed by atoms with Gasteiger partial charge in [-0.3, -0.25) is 0 Å². The van der Waals surface area contributed by atoms with E-state index in [1.807, 2.05) is 30.3 Å². The van der Waals surface area contributed by atoms with Crippen molar-refractivity contribution in [2.24, 2.45) is 0 Å². The lowest BCUT2D eigenvalue weighted by Gasteiger charge is -2.19. The van der Waals surface area contributed by atoms with E-state index in [1.165, 1.54) is 36.7 Å². The second-order valence-electron chi connectivity index (χ2n) is 7.27. The molecule has 9 heteroatoms. The fourth-order valence-corrected chi connectivity index (χ4v) is 4.48. The fraction of sp³-hybridized carbons (Fsp3) is 0.240. The van der Waals surface area contributed by atoms with Crippen molar-refractivity contribution in [2.75, 3.05) is 34.5 Å². The standard InChI is InChI=1S/C25H27NO7S/c1-26(18-19-7-5-4-6-8-19)34(28,29)24-17-20(9-14-23(24)31-3)25(27)33-16-15-32-22-12-10-21(30-2)11-13-22/h4-14,17H,15-16,18H2,1-3H3. The average Bonchev–Trinajstić information content (AvgIpc) is 2.87. The van der Waals surface area contributed by atoms with Crippen molar-refractivity contribution < 1.29 is 32.2 Å². The molecule has 34 heavy (non-hydrogen) atoms. The van der Waals surface area contributed by atoms with Crippen LogP contribution < -0.4 is 14.2 Å². The number of hydrogen-bond acceptors (Lipinski definition) is 7. The molecule has 0 fully saturated rings. The zero-order valence-electron chi connectivity index (χ0n) is 19.3. The first-order valence-corrected chi connectivity index (χ1v) is 11.9.